The molecule has 3 nitrogen and oxygen atoms in total. The topological polar surface area (TPSA) is 29.5 Å². The Morgan fingerprint density at radius 1 is 1.05 bits per heavy atom. The van der Waals surface area contributed by atoms with E-state index in [2.05, 4.69) is 0 Å². The molecule has 2 aromatic carbocycles. The van der Waals surface area contributed by atoms with Gasteiger partial charge in [0.1, 0.15) is 6.61 Å². The van der Waals surface area contributed by atoms with Gasteiger partial charge in [0, 0.05) is 6.92 Å². The monoisotopic (exact) mass is 269 g/mol. The van der Waals surface area contributed by atoms with E-state index >= 15 is 0 Å². The summed E-state index contributed by atoms with van der Waals surface area (Å²) in [5, 5.41) is 1.41. The van der Waals surface area contributed by atoms with E-state index in [1.54, 1.807) is 0 Å². The van der Waals surface area contributed by atoms with E-state index in [1.165, 1.54) is 12.0 Å². The Kier molecular flexibility index (Phi) is 4.91. The van der Waals surface area contributed by atoms with Gasteiger partial charge in [0.25, 0.3) is 0 Å². The van der Waals surface area contributed by atoms with Crippen LogP contribution in [0, 0.1) is 6.92 Å². The number of rotatable bonds is 5. The van der Waals surface area contributed by atoms with Gasteiger partial charge in [-0.1, -0.05) is 54.6 Å². The van der Waals surface area contributed by atoms with Crippen LogP contribution in [0.2, 0.25) is 0 Å². The molecule has 0 aliphatic rings. The highest BCUT2D eigenvalue weighted by molar-refractivity contribution is 5.72. The third kappa shape index (κ3) is 3.93. The summed E-state index contributed by atoms with van der Waals surface area (Å²) in [5.41, 5.74) is 3.29. The van der Waals surface area contributed by atoms with E-state index in [9.17, 15) is 4.79 Å². The second-order valence-corrected chi connectivity index (χ2v) is 4.74. The van der Waals surface area contributed by atoms with Crippen LogP contribution in [0.25, 0.3) is 0 Å². The second-order valence-electron chi connectivity index (χ2n) is 4.74. The van der Waals surface area contributed by atoms with Crippen LogP contribution in [-0.4, -0.2) is 11.0 Å². The van der Waals surface area contributed by atoms with Crippen molar-refractivity contribution in [2.75, 3.05) is 0 Å². The highest BCUT2D eigenvalue weighted by Crippen LogP contribution is 2.12. The normalized spacial score (nSPS) is 10.3. The summed E-state index contributed by atoms with van der Waals surface area (Å²) < 4.78 is 0. The van der Waals surface area contributed by atoms with E-state index in [0.29, 0.717) is 13.2 Å². The van der Waals surface area contributed by atoms with Crippen LogP contribution in [0.4, 0.5) is 0 Å². The first kappa shape index (κ1) is 14.3. The van der Waals surface area contributed by atoms with Crippen LogP contribution in [-0.2, 0) is 22.8 Å². The summed E-state index contributed by atoms with van der Waals surface area (Å²) in [6.07, 6.45) is 0. The molecule has 0 fully saturated rings. The van der Waals surface area contributed by atoms with Gasteiger partial charge in [-0.15, -0.1) is 0 Å². The van der Waals surface area contributed by atoms with Crippen molar-refractivity contribution in [2.45, 2.75) is 27.0 Å². The maximum atomic E-state index is 11.7. The Bertz CT molecular complexity index is 566. The molecule has 0 saturated heterocycles. The van der Waals surface area contributed by atoms with Gasteiger partial charge in [0.2, 0.25) is 5.91 Å². The zero-order chi connectivity index (χ0) is 14.4. The molecule has 104 valence electrons. The average Bonchev–Trinajstić information content (AvgIpc) is 2.46. The number of benzene rings is 2. The summed E-state index contributed by atoms with van der Waals surface area (Å²) in [7, 11) is 0. The maximum absolute atomic E-state index is 11.7. The van der Waals surface area contributed by atoms with Crippen molar-refractivity contribution in [2.24, 2.45) is 0 Å². The van der Waals surface area contributed by atoms with Crippen LogP contribution in [0.3, 0.4) is 0 Å². The van der Waals surface area contributed by atoms with Gasteiger partial charge in [0.05, 0.1) is 6.54 Å². The molecule has 1 amide bonds. The number of aryl methyl sites for hydroxylation is 1. The SMILES string of the molecule is CC(=O)N(Cc1ccccc1C)OCc1ccccc1. The lowest BCUT2D eigenvalue weighted by Crippen LogP contribution is -2.28. The van der Waals surface area contributed by atoms with Gasteiger partial charge in [-0.05, 0) is 23.6 Å². The number of carbonyl (C=O) groups excluding carboxylic acids is 1. The molecule has 0 saturated carbocycles. The van der Waals surface area contributed by atoms with Gasteiger partial charge < -0.3 is 0 Å². The molecule has 20 heavy (non-hydrogen) atoms. The molecule has 0 atom stereocenters. The number of amides is 1. The fraction of sp³-hybridized carbons (Fsp3) is 0.235. The maximum Gasteiger partial charge on any atom is 0.243 e. The van der Waals surface area contributed by atoms with Crippen molar-refractivity contribution >= 4 is 5.91 Å². The van der Waals surface area contributed by atoms with Crippen LogP contribution in [0.1, 0.15) is 23.6 Å². The van der Waals surface area contributed by atoms with Crippen LogP contribution in [0.5, 0.6) is 0 Å². The Hall–Kier alpha value is -2.13. The molecule has 0 spiro atoms. The van der Waals surface area contributed by atoms with E-state index in [1.807, 2.05) is 61.5 Å². The molecular formula is C17H19NO2. The van der Waals surface area contributed by atoms with Crippen molar-refractivity contribution in [1.82, 2.24) is 5.06 Å². The summed E-state index contributed by atoms with van der Waals surface area (Å²) in [5.74, 6) is -0.0933. The average molecular weight is 269 g/mol. The number of hydrogen-bond acceptors (Lipinski definition) is 2. The van der Waals surface area contributed by atoms with Gasteiger partial charge >= 0.3 is 0 Å². The molecule has 0 N–H and O–H groups in total. The lowest BCUT2D eigenvalue weighted by atomic mass is 10.1. The third-order valence-corrected chi connectivity index (χ3v) is 3.16. The molecule has 0 aromatic heterocycles. The Labute approximate surface area is 119 Å². The van der Waals surface area contributed by atoms with Crippen molar-refractivity contribution in [3.8, 4) is 0 Å². The molecule has 0 aliphatic heterocycles. The summed E-state index contributed by atoms with van der Waals surface area (Å²) in [6, 6.07) is 17.8. The number of carbonyl (C=O) groups is 1. The summed E-state index contributed by atoms with van der Waals surface area (Å²) in [4.78, 5) is 17.3. The number of nitrogens with zero attached hydrogens (tertiary/aromatic N) is 1. The number of hydroxylamine groups is 2. The van der Waals surface area contributed by atoms with Gasteiger partial charge in [-0.25, -0.2) is 5.06 Å². The van der Waals surface area contributed by atoms with E-state index < -0.39 is 0 Å². The Balaban J connectivity index is 2.01. The molecular weight excluding hydrogens is 250 g/mol. The quantitative estimate of drug-likeness (QED) is 0.778. The zero-order valence-corrected chi connectivity index (χ0v) is 11.9. The first-order valence-corrected chi connectivity index (χ1v) is 6.66. The molecule has 0 bridgehead atoms. The number of hydrogen-bond donors (Lipinski definition) is 0. The van der Waals surface area contributed by atoms with Crippen molar-refractivity contribution < 1.29 is 9.63 Å². The predicted octanol–water partition coefficient (Wildman–Crippen LogP) is 3.48. The zero-order valence-electron chi connectivity index (χ0n) is 11.9. The van der Waals surface area contributed by atoms with Crippen molar-refractivity contribution in [1.29, 1.82) is 0 Å². The molecule has 2 rings (SSSR count). The van der Waals surface area contributed by atoms with Gasteiger partial charge in [0.15, 0.2) is 0 Å². The first-order valence-electron chi connectivity index (χ1n) is 6.66. The molecule has 0 radical (unpaired) electrons. The van der Waals surface area contributed by atoms with E-state index in [4.69, 9.17) is 4.84 Å². The molecule has 0 heterocycles. The van der Waals surface area contributed by atoms with Gasteiger partial charge in [-0.2, -0.15) is 0 Å². The smallest absolute Gasteiger partial charge is 0.243 e. The highest BCUT2D eigenvalue weighted by Gasteiger charge is 2.11. The highest BCUT2D eigenvalue weighted by atomic mass is 16.7. The van der Waals surface area contributed by atoms with Crippen molar-refractivity contribution in [3.63, 3.8) is 0 Å². The fourth-order valence-corrected chi connectivity index (χ4v) is 1.92. The van der Waals surface area contributed by atoms with Crippen LogP contribution >= 0.6 is 0 Å². The van der Waals surface area contributed by atoms with Crippen molar-refractivity contribution in [3.05, 3.63) is 71.3 Å². The molecule has 3 heteroatoms. The standard InChI is InChI=1S/C17H19NO2/c1-14-8-6-7-11-17(14)12-18(15(2)19)20-13-16-9-4-3-5-10-16/h3-11H,12-13H2,1-2H3. The van der Waals surface area contributed by atoms with Crippen LogP contribution < -0.4 is 0 Å². The molecule has 0 unspecified atom stereocenters. The first-order chi connectivity index (χ1) is 9.66. The molecule has 0 aliphatic carbocycles. The predicted molar refractivity (Wildman–Crippen MR) is 78.6 cm³/mol. The fourth-order valence-electron chi connectivity index (χ4n) is 1.92. The van der Waals surface area contributed by atoms with Crippen LogP contribution in [0.15, 0.2) is 54.6 Å². The minimum atomic E-state index is -0.0933. The third-order valence-electron chi connectivity index (χ3n) is 3.16. The lowest BCUT2D eigenvalue weighted by molar-refractivity contribution is -0.193. The second kappa shape index (κ2) is 6.87. The van der Waals surface area contributed by atoms with Gasteiger partial charge in [-0.3, -0.25) is 9.63 Å². The van der Waals surface area contributed by atoms with E-state index in [0.717, 1.165) is 16.7 Å². The minimum Gasteiger partial charge on any atom is -0.273 e. The Morgan fingerprint density at radius 3 is 2.35 bits per heavy atom. The lowest BCUT2D eigenvalue weighted by Gasteiger charge is -2.21. The summed E-state index contributed by atoms with van der Waals surface area (Å²) in [6.45, 7) is 4.41. The minimum absolute atomic E-state index is 0.0933. The largest absolute Gasteiger partial charge is 0.273 e. The van der Waals surface area contributed by atoms with E-state index in [-0.39, 0.29) is 5.91 Å². The summed E-state index contributed by atoms with van der Waals surface area (Å²) >= 11 is 0. The molecule has 2 aromatic rings. The Morgan fingerprint density at radius 2 is 1.70 bits per heavy atom.